The SMILES string of the molecule is O=C(NCC(=O)N1CCCC1)c1ccc(Nc2nccs2)cc1Cl. The zero-order valence-electron chi connectivity index (χ0n) is 12.9. The molecule has 0 atom stereocenters. The summed E-state index contributed by atoms with van der Waals surface area (Å²) in [4.78, 5) is 30.1. The fourth-order valence-corrected chi connectivity index (χ4v) is 3.33. The van der Waals surface area contributed by atoms with Crippen LogP contribution in [0, 0.1) is 0 Å². The molecular weight excluding hydrogens is 348 g/mol. The van der Waals surface area contributed by atoms with Crippen LogP contribution >= 0.6 is 22.9 Å². The summed E-state index contributed by atoms with van der Waals surface area (Å²) in [6.45, 7) is 1.54. The van der Waals surface area contributed by atoms with Crippen LogP contribution in [0.1, 0.15) is 23.2 Å². The third-order valence-electron chi connectivity index (χ3n) is 3.76. The largest absolute Gasteiger partial charge is 0.343 e. The van der Waals surface area contributed by atoms with Crippen molar-refractivity contribution >= 4 is 45.6 Å². The van der Waals surface area contributed by atoms with Crippen LogP contribution in [0.5, 0.6) is 0 Å². The molecule has 0 radical (unpaired) electrons. The number of rotatable bonds is 5. The van der Waals surface area contributed by atoms with Crippen LogP contribution in [0.3, 0.4) is 0 Å². The molecule has 2 heterocycles. The molecule has 126 valence electrons. The second kappa shape index (κ2) is 7.63. The average molecular weight is 365 g/mol. The van der Waals surface area contributed by atoms with Gasteiger partial charge in [0, 0.05) is 30.4 Å². The van der Waals surface area contributed by atoms with Crippen LogP contribution in [0.4, 0.5) is 10.8 Å². The van der Waals surface area contributed by atoms with E-state index in [4.69, 9.17) is 11.6 Å². The maximum Gasteiger partial charge on any atom is 0.253 e. The van der Waals surface area contributed by atoms with Gasteiger partial charge in [-0.2, -0.15) is 0 Å². The molecule has 1 aliphatic heterocycles. The number of halogens is 1. The van der Waals surface area contributed by atoms with Crippen LogP contribution in [0.15, 0.2) is 29.8 Å². The van der Waals surface area contributed by atoms with Gasteiger partial charge < -0.3 is 15.5 Å². The summed E-state index contributed by atoms with van der Waals surface area (Å²) in [5.74, 6) is -0.410. The van der Waals surface area contributed by atoms with Gasteiger partial charge in [-0.25, -0.2) is 4.98 Å². The summed E-state index contributed by atoms with van der Waals surface area (Å²) in [5, 5.41) is 8.68. The molecule has 1 fully saturated rings. The highest BCUT2D eigenvalue weighted by atomic mass is 35.5. The Morgan fingerprint density at radius 2 is 2.08 bits per heavy atom. The molecule has 2 N–H and O–H groups in total. The first kappa shape index (κ1) is 16.7. The first-order valence-corrected chi connectivity index (χ1v) is 8.91. The molecule has 0 spiro atoms. The number of nitrogens with zero attached hydrogens (tertiary/aromatic N) is 2. The van der Waals surface area contributed by atoms with Gasteiger partial charge in [0.25, 0.3) is 5.91 Å². The lowest BCUT2D eigenvalue weighted by molar-refractivity contribution is -0.129. The molecule has 0 unspecified atom stereocenters. The minimum atomic E-state index is -0.353. The number of nitrogens with one attached hydrogen (secondary N) is 2. The van der Waals surface area contributed by atoms with Gasteiger partial charge in [-0.3, -0.25) is 9.59 Å². The number of anilines is 2. The summed E-state index contributed by atoms with van der Waals surface area (Å²) >= 11 is 7.66. The van der Waals surface area contributed by atoms with Gasteiger partial charge in [0.05, 0.1) is 17.1 Å². The van der Waals surface area contributed by atoms with Crippen LogP contribution in [0.2, 0.25) is 5.02 Å². The number of hydrogen-bond donors (Lipinski definition) is 2. The van der Waals surface area contributed by atoms with Crippen molar-refractivity contribution in [2.45, 2.75) is 12.8 Å². The Morgan fingerprint density at radius 3 is 2.75 bits per heavy atom. The predicted molar refractivity (Wildman–Crippen MR) is 95.0 cm³/mol. The Labute approximate surface area is 148 Å². The summed E-state index contributed by atoms with van der Waals surface area (Å²) in [7, 11) is 0. The van der Waals surface area contributed by atoms with Crippen LogP contribution in [-0.4, -0.2) is 41.3 Å². The van der Waals surface area contributed by atoms with E-state index < -0.39 is 0 Å². The molecule has 2 amide bonds. The minimum absolute atomic E-state index is 0.00568. The first-order valence-electron chi connectivity index (χ1n) is 7.65. The highest BCUT2D eigenvalue weighted by molar-refractivity contribution is 7.13. The van der Waals surface area contributed by atoms with Crippen molar-refractivity contribution in [1.29, 1.82) is 0 Å². The Morgan fingerprint density at radius 1 is 1.29 bits per heavy atom. The Kier molecular flexibility index (Phi) is 5.32. The van der Waals surface area contributed by atoms with Gasteiger partial charge in [-0.15, -0.1) is 11.3 Å². The second-order valence-electron chi connectivity index (χ2n) is 5.43. The van der Waals surface area contributed by atoms with Crippen molar-refractivity contribution in [3.05, 3.63) is 40.4 Å². The van der Waals surface area contributed by atoms with E-state index in [1.165, 1.54) is 11.3 Å². The summed E-state index contributed by atoms with van der Waals surface area (Å²) < 4.78 is 0. The number of carbonyl (C=O) groups is 2. The molecule has 2 aromatic rings. The normalized spacial score (nSPS) is 13.8. The molecule has 6 nitrogen and oxygen atoms in total. The molecule has 3 rings (SSSR count). The molecule has 0 aliphatic carbocycles. The highest BCUT2D eigenvalue weighted by Gasteiger charge is 2.19. The molecule has 1 aromatic carbocycles. The van der Waals surface area contributed by atoms with E-state index in [2.05, 4.69) is 15.6 Å². The van der Waals surface area contributed by atoms with E-state index >= 15 is 0 Å². The molecule has 1 aromatic heterocycles. The van der Waals surface area contributed by atoms with Crippen molar-refractivity contribution in [3.8, 4) is 0 Å². The summed E-state index contributed by atoms with van der Waals surface area (Å²) in [6.07, 6.45) is 3.76. The Hall–Kier alpha value is -2.12. The number of amides is 2. The average Bonchev–Trinajstić information content (AvgIpc) is 3.26. The van der Waals surface area contributed by atoms with Gasteiger partial charge in [0.15, 0.2) is 5.13 Å². The van der Waals surface area contributed by atoms with Crippen molar-refractivity contribution in [2.75, 3.05) is 25.0 Å². The lowest BCUT2D eigenvalue weighted by Crippen LogP contribution is -2.38. The monoisotopic (exact) mass is 364 g/mol. The van der Waals surface area contributed by atoms with Gasteiger partial charge in [0.2, 0.25) is 5.91 Å². The van der Waals surface area contributed by atoms with Gasteiger partial charge in [-0.05, 0) is 31.0 Å². The maximum atomic E-state index is 12.2. The maximum absolute atomic E-state index is 12.2. The lowest BCUT2D eigenvalue weighted by Gasteiger charge is -2.15. The van der Waals surface area contributed by atoms with Crippen molar-refractivity contribution in [1.82, 2.24) is 15.2 Å². The second-order valence-corrected chi connectivity index (χ2v) is 6.73. The summed E-state index contributed by atoms with van der Waals surface area (Å²) in [6, 6.07) is 5.05. The van der Waals surface area contributed by atoms with E-state index in [1.807, 2.05) is 5.38 Å². The molecular formula is C16H17ClN4O2S. The van der Waals surface area contributed by atoms with Crippen LogP contribution in [0.25, 0.3) is 0 Å². The molecule has 24 heavy (non-hydrogen) atoms. The summed E-state index contributed by atoms with van der Waals surface area (Å²) in [5.41, 5.74) is 1.09. The van der Waals surface area contributed by atoms with E-state index in [9.17, 15) is 9.59 Å². The van der Waals surface area contributed by atoms with Crippen molar-refractivity contribution in [3.63, 3.8) is 0 Å². The number of aromatic nitrogens is 1. The minimum Gasteiger partial charge on any atom is -0.343 e. The van der Waals surface area contributed by atoms with Crippen molar-refractivity contribution in [2.24, 2.45) is 0 Å². The molecule has 0 saturated carbocycles. The first-order chi connectivity index (χ1) is 11.6. The number of carbonyl (C=O) groups excluding carboxylic acids is 2. The van der Waals surface area contributed by atoms with E-state index in [1.54, 1.807) is 29.3 Å². The predicted octanol–water partition coefficient (Wildman–Crippen LogP) is 2.89. The van der Waals surface area contributed by atoms with E-state index in [-0.39, 0.29) is 18.4 Å². The number of thiazole rings is 1. The third kappa shape index (κ3) is 4.04. The molecule has 8 heteroatoms. The molecule has 0 bridgehead atoms. The van der Waals surface area contributed by atoms with Gasteiger partial charge >= 0.3 is 0 Å². The third-order valence-corrected chi connectivity index (χ3v) is 4.76. The number of likely N-dealkylation sites (tertiary alicyclic amines) is 1. The van der Waals surface area contributed by atoms with Crippen LogP contribution < -0.4 is 10.6 Å². The number of hydrogen-bond acceptors (Lipinski definition) is 5. The number of benzene rings is 1. The fourth-order valence-electron chi connectivity index (χ4n) is 2.52. The van der Waals surface area contributed by atoms with E-state index in [0.717, 1.165) is 36.8 Å². The van der Waals surface area contributed by atoms with Crippen molar-refractivity contribution < 1.29 is 9.59 Å². The van der Waals surface area contributed by atoms with Gasteiger partial charge in [0.1, 0.15) is 0 Å². The molecule has 1 saturated heterocycles. The lowest BCUT2D eigenvalue weighted by atomic mass is 10.2. The Bertz CT molecular complexity index is 730. The quantitative estimate of drug-likeness (QED) is 0.855. The van der Waals surface area contributed by atoms with Crippen LogP contribution in [-0.2, 0) is 4.79 Å². The zero-order valence-corrected chi connectivity index (χ0v) is 14.5. The molecule has 1 aliphatic rings. The topological polar surface area (TPSA) is 74.3 Å². The highest BCUT2D eigenvalue weighted by Crippen LogP contribution is 2.24. The fraction of sp³-hybridized carbons (Fsp3) is 0.312. The zero-order chi connectivity index (χ0) is 16.9. The smallest absolute Gasteiger partial charge is 0.253 e. The standard InChI is InChI=1S/C16H17ClN4O2S/c17-13-9-11(20-16-18-5-8-24-16)3-4-12(13)15(23)19-10-14(22)21-6-1-2-7-21/h3-5,8-9H,1-2,6-7,10H2,(H,18,20)(H,19,23). The Balaban J connectivity index is 1.59. The van der Waals surface area contributed by atoms with E-state index in [0.29, 0.717) is 10.6 Å². The van der Waals surface area contributed by atoms with Gasteiger partial charge in [-0.1, -0.05) is 11.6 Å².